The Morgan fingerprint density at radius 1 is 1.26 bits per heavy atom. The molecule has 136 valence electrons. The summed E-state index contributed by atoms with van der Waals surface area (Å²) in [5.74, 6) is -0.0942. The van der Waals surface area contributed by atoms with E-state index in [1.807, 2.05) is 29.2 Å². The molecule has 1 aliphatic heterocycles. The molecule has 1 aliphatic rings. The highest BCUT2D eigenvalue weighted by atomic mass is 32.1. The largest absolute Gasteiger partial charge is 0.330 e. The van der Waals surface area contributed by atoms with Gasteiger partial charge < -0.3 is 4.90 Å². The Kier molecular flexibility index (Phi) is 4.68. The fourth-order valence-corrected chi connectivity index (χ4v) is 4.44. The van der Waals surface area contributed by atoms with Crippen molar-refractivity contribution in [2.75, 3.05) is 6.54 Å². The van der Waals surface area contributed by atoms with Crippen LogP contribution in [-0.2, 0) is 4.79 Å². The molecule has 0 bridgehead atoms. The standard InChI is InChI=1S/C20H17N3O3S/c24-19(11-10-14-5-3-6-15(13-14)23(25)26)22-12-4-8-17(22)20-21-16-7-1-2-9-18(16)27-20/h1-3,5-7,9-11,13,17H,4,8,12H2. The van der Waals surface area contributed by atoms with Gasteiger partial charge in [0, 0.05) is 24.8 Å². The number of amides is 1. The topological polar surface area (TPSA) is 76.3 Å². The number of benzene rings is 2. The highest BCUT2D eigenvalue weighted by Gasteiger charge is 2.31. The summed E-state index contributed by atoms with van der Waals surface area (Å²) in [5.41, 5.74) is 1.61. The molecular formula is C20H17N3O3S. The first-order valence-electron chi connectivity index (χ1n) is 8.70. The minimum absolute atomic E-state index is 0.00957. The van der Waals surface area contributed by atoms with Gasteiger partial charge >= 0.3 is 0 Å². The average molecular weight is 379 g/mol. The Labute approximate surface area is 159 Å². The van der Waals surface area contributed by atoms with Crippen LogP contribution in [0.15, 0.2) is 54.6 Å². The molecule has 1 unspecified atom stereocenters. The number of para-hydroxylation sites is 1. The van der Waals surface area contributed by atoms with Gasteiger partial charge in [-0.1, -0.05) is 24.3 Å². The van der Waals surface area contributed by atoms with Gasteiger partial charge in [0.1, 0.15) is 5.01 Å². The molecule has 27 heavy (non-hydrogen) atoms. The fraction of sp³-hybridized carbons (Fsp3) is 0.200. The summed E-state index contributed by atoms with van der Waals surface area (Å²) in [5, 5.41) is 11.8. The zero-order valence-electron chi connectivity index (χ0n) is 14.4. The second kappa shape index (κ2) is 7.28. The lowest BCUT2D eigenvalue weighted by Gasteiger charge is -2.21. The molecule has 0 aliphatic carbocycles. The highest BCUT2D eigenvalue weighted by molar-refractivity contribution is 7.18. The first-order valence-corrected chi connectivity index (χ1v) is 9.52. The maximum atomic E-state index is 12.7. The summed E-state index contributed by atoms with van der Waals surface area (Å²) >= 11 is 1.63. The van der Waals surface area contributed by atoms with Crippen LogP contribution in [0.4, 0.5) is 5.69 Å². The summed E-state index contributed by atoms with van der Waals surface area (Å²) in [6, 6.07) is 14.2. The van der Waals surface area contributed by atoms with E-state index in [-0.39, 0.29) is 17.6 Å². The van der Waals surface area contributed by atoms with Crippen molar-refractivity contribution >= 4 is 39.2 Å². The number of carbonyl (C=O) groups is 1. The van der Waals surface area contributed by atoms with Crippen LogP contribution in [0.3, 0.4) is 0 Å². The van der Waals surface area contributed by atoms with Crippen molar-refractivity contribution in [3.8, 4) is 0 Å². The van der Waals surface area contributed by atoms with E-state index >= 15 is 0 Å². The van der Waals surface area contributed by atoms with Gasteiger partial charge in [0.05, 0.1) is 21.2 Å². The summed E-state index contributed by atoms with van der Waals surface area (Å²) in [4.78, 5) is 29.7. The van der Waals surface area contributed by atoms with Crippen LogP contribution in [0, 0.1) is 10.1 Å². The molecule has 1 aromatic heterocycles. The third-order valence-corrected chi connectivity index (χ3v) is 5.77. The predicted octanol–water partition coefficient (Wildman–Crippen LogP) is 4.58. The molecule has 3 aromatic rings. The lowest BCUT2D eigenvalue weighted by Crippen LogP contribution is -2.28. The number of hydrogen-bond donors (Lipinski definition) is 0. The van der Waals surface area contributed by atoms with E-state index in [9.17, 15) is 14.9 Å². The Morgan fingerprint density at radius 3 is 2.93 bits per heavy atom. The van der Waals surface area contributed by atoms with Gasteiger partial charge in [-0.3, -0.25) is 14.9 Å². The Hall–Kier alpha value is -3.06. The van der Waals surface area contributed by atoms with E-state index < -0.39 is 4.92 Å². The van der Waals surface area contributed by atoms with Gasteiger partial charge in [-0.25, -0.2) is 4.98 Å². The predicted molar refractivity (Wildman–Crippen MR) is 105 cm³/mol. The van der Waals surface area contributed by atoms with Crippen molar-refractivity contribution in [3.05, 3.63) is 75.3 Å². The van der Waals surface area contributed by atoms with Crippen LogP contribution >= 0.6 is 11.3 Å². The minimum atomic E-state index is -0.442. The monoisotopic (exact) mass is 379 g/mol. The smallest absolute Gasteiger partial charge is 0.270 e. The first-order chi connectivity index (χ1) is 13.1. The van der Waals surface area contributed by atoms with E-state index in [1.165, 1.54) is 18.2 Å². The maximum Gasteiger partial charge on any atom is 0.270 e. The van der Waals surface area contributed by atoms with Crippen LogP contribution in [-0.4, -0.2) is 27.3 Å². The molecule has 4 rings (SSSR count). The van der Waals surface area contributed by atoms with Crippen LogP contribution in [0.2, 0.25) is 0 Å². The first kappa shape index (κ1) is 17.4. The molecule has 0 radical (unpaired) electrons. The number of likely N-dealkylation sites (tertiary alicyclic amines) is 1. The van der Waals surface area contributed by atoms with Crippen LogP contribution in [0.25, 0.3) is 16.3 Å². The molecule has 1 atom stereocenters. The Balaban J connectivity index is 1.54. The molecule has 1 amide bonds. The van der Waals surface area contributed by atoms with Crippen molar-refractivity contribution in [2.45, 2.75) is 18.9 Å². The van der Waals surface area contributed by atoms with Gasteiger partial charge in [-0.2, -0.15) is 0 Å². The molecular weight excluding hydrogens is 362 g/mol. The number of aromatic nitrogens is 1. The number of non-ortho nitro benzene ring substituents is 1. The number of hydrogen-bond acceptors (Lipinski definition) is 5. The second-order valence-corrected chi connectivity index (χ2v) is 7.46. The van der Waals surface area contributed by atoms with Gasteiger partial charge in [-0.05, 0) is 36.6 Å². The highest BCUT2D eigenvalue weighted by Crippen LogP contribution is 2.36. The van der Waals surface area contributed by atoms with Crippen molar-refractivity contribution in [3.63, 3.8) is 0 Å². The number of carbonyl (C=O) groups excluding carboxylic acids is 1. The number of nitrogens with zero attached hydrogens (tertiary/aromatic N) is 3. The molecule has 2 heterocycles. The molecule has 7 heteroatoms. The third kappa shape index (κ3) is 3.59. The summed E-state index contributed by atoms with van der Waals surface area (Å²) in [6.07, 6.45) is 4.96. The second-order valence-electron chi connectivity index (χ2n) is 6.39. The van der Waals surface area contributed by atoms with E-state index in [2.05, 4.69) is 0 Å². The van der Waals surface area contributed by atoms with Gasteiger partial charge in [0.2, 0.25) is 5.91 Å². The molecule has 2 aromatic carbocycles. The molecule has 0 N–H and O–H groups in total. The molecule has 0 saturated carbocycles. The zero-order valence-corrected chi connectivity index (χ0v) is 15.3. The molecule has 1 saturated heterocycles. The van der Waals surface area contributed by atoms with Gasteiger partial charge in [-0.15, -0.1) is 11.3 Å². The zero-order chi connectivity index (χ0) is 18.8. The van der Waals surface area contributed by atoms with E-state index in [0.717, 1.165) is 28.1 Å². The normalized spacial score (nSPS) is 17.0. The lowest BCUT2D eigenvalue weighted by molar-refractivity contribution is -0.384. The third-order valence-electron chi connectivity index (χ3n) is 4.63. The average Bonchev–Trinajstić information content (AvgIpc) is 3.32. The number of rotatable bonds is 4. The van der Waals surface area contributed by atoms with Crippen molar-refractivity contribution in [2.24, 2.45) is 0 Å². The van der Waals surface area contributed by atoms with Gasteiger partial charge in [0.15, 0.2) is 0 Å². The Bertz CT molecular complexity index is 1010. The Morgan fingerprint density at radius 2 is 2.11 bits per heavy atom. The number of fused-ring (bicyclic) bond motifs is 1. The molecule has 0 spiro atoms. The van der Waals surface area contributed by atoms with Crippen LogP contribution < -0.4 is 0 Å². The van der Waals surface area contributed by atoms with E-state index in [1.54, 1.807) is 29.5 Å². The van der Waals surface area contributed by atoms with Crippen LogP contribution in [0.5, 0.6) is 0 Å². The van der Waals surface area contributed by atoms with Crippen molar-refractivity contribution in [1.29, 1.82) is 0 Å². The lowest BCUT2D eigenvalue weighted by atomic mass is 10.2. The van der Waals surface area contributed by atoms with Crippen molar-refractivity contribution < 1.29 is 9.72 Å². The van der Waals surface area contributed by atoms with E-state index in [4.69, 9.17) is 4.98 Å². The molecule has 6 nitrogen and oxygen atoms in total. The SMILES string of the molecule is O=C(C=Cc1cccc([N+](=O)[O-])c1)N1CCCC1c1nc2ccccc2s1. The summed E-state index contributed by atoms with van der Waals surface area (Å²) < 4.78 is 1.12. The van der Waals surface area contributed by atoms with Crippen LogP contribution in [0.1, 0.15) is 29.5 Å². The van der Waals surface area contributed by atoms with E-state index in [0.29, 0.717) is 12.1 Å². The number of thiazole rings is 1. The van der Waals surface area contributed by atoms with Gasteiger partial charge in [0.25, 0.3) is 5.69 Å². The fourth-order valence-electron chi connectivity index (χ4n) is 3.33. The summed E-state index contributed by atoms with van der Waals surface area (Å²) in [6.45, 7) is 0.693. The quantitative estimate of drug-likeness (QED) is 0.378. The molecule has 1 fully saturated rings. The summed E-state index contributed by atoms with van der Waals surface area (Å²) in [7, 11) is 0. The maximum absolute atomic E-state index is 12.7. The number of nitro groups is 1. The minimum Gasteiger partial charge on any atom is -0.330 e. The van der Waals surface area contributed by atoms with Crippen molar-refractivity contribution in [1.82, 2.24) is 9.88 Å². The number of nitro benzene ring substituents is 1.